The SMILES string of the molecule is NC(=O)CCCCCCCc1ncc[nH]1. The third-order valence-electron chi connectivity index (χ3n) is 2.39. The Morgan fingerprint density at radius 3 is 2.67 bits per heavy atom. The van der Waals surface area contributed by atoms with Gasteiger partial charge < -0.3 is 10.7 Å². The van der Waals surface area contributed by atoms with Gasteiger partial charge in [0.05, 0.1) is 0 Å². The molecule has 4 heteroatoms. The van der Waals surface area contributed by atoms with Gasteiger partial charge >= 0.3 is 0 Å². The zero-order chi connectivity index (χ0) is 10.9. The van der Waals surface area contributed by atoms with Crippen LogP contribution in [0.3, 0.4) is 0 Å². The number of nitrogens with one attached hydrogen (secondary N) is 1. The summed E-state index contributed by atoms with van der Waals surface area (Å²) in [7, 11) is 0. The highest BCUT2D eigenvalue weighted by Gasteiger charge is 1.96. The van der Waals surface area contributed by atoms with E-state index in [-0.39, 0.29) is 5.91 Å². The molecule has 0 aliphatic rings. The first-order chi connectivity index (χ1) is 7.29. The predicted octanol–water partition coefficient (Wildman–Crippen LogP) is 1.78. The Morgan fingerprint density at radius 1 is 1.27 bits per heavy atom. The molecule has 0 bridgehead atoms. The van der Waals surface area contributed by atoms with Gasteiger partial charge in [-0.15, -0.1) is 0 Å². The summed E-state index contributed by atoms with van der Waals surface area (Å²) in [5, 5.41) is 0. The standard InChI is InChI=1S/C11H19N3O/c12-10(15)6-4-2-1-3-5-7-11-13-8-9-14-11/h8-9H,1-7H2,(H2,12,15)(H,13,14). The van der Waals surface area contributed by atoms with E-state index in [2.05, 4.69) is 9.97 Å². The largest absolute Gasteiger partial charge is 0.370 e. The van der Waals surface area contributed by atoms with Crippen molar-refractivity contribution in [2.24, 2.45) is 5.73 Å². The van der Waals surface area contributed by atoms with Crippen LogP contribution in [-0.4, -0.2) is 15.9 Å². The summed E-state index contributed by atoms with van der Waals surface area (Å²) < 4.78 is 0. The number of unbranched alkanes of at least 4 members (excludes halogenated alkanes) is 4. The number of hydrogen-bond acceptors (Lipinski definition) is 2. The molecule has 1 rings (SSSR count). The van der Waals surface area contributed by atoms with Crippen LogP contribution in [0.15, 0.2) is 12.4 Å². The second kappa shape index (κ2) is 7.04. The fraction of sp³-hybridized carbons (Fsp3) is 0.636. The van der Waals surface area contributed by atoms with Crippen molar-refractivity contribution >= 4 is 5.91 Å². The van der Waals surface area contributed by atoms with Gasteiger partial charge in [0, 0.05) is 25.2 Å². The molecule has 15 heavy (non-hydrogen) atoms. The Hall–Kier alpha value is -1.32. The van der Waals surface area contributed by atoms with Crippen LogP contribution < -0.4 is 5.73 Å². The van der Waals surface area contributed by atoms with E-state index in [4.69, 9.17) is 5.73 Å². The lowest BCUT2D eigenvalue weighted by molar-refractivity contribution is -0.118. The molecule has 4 nitrogen and oxygen atoms in total. The number of H-pyrrole nitrogens is 1. The molecule has 0 saturated carbocycles. The Kier molecular flexibility index (Phi) is 5.51. The molecule has 1 aromatic rings. The minimum Gasteiger partial charge on any atom is -0.370 e. The average molecular weight is 209 g/mol. The van der Waals surface area contributed by atoms with Gasteiger partial charge in [-0.1, -0.05) is 19.3 Å². The third kappa shape index (κ3) is 5.88. The van der Waals surface area contributed by atoms with Gasteiger partial charge in [-0.2, -0.15) is 0 Å². The number of rotatable bonds is 8. The number of aromatic nitrogens is 2. The highest BCUT2D eigenvalue weighted by Crippen LogP contribution is 2.07. The number of carbonyl (C=O) groups excluding carboxylic acids is 1. The molecule has 0 atom stereocenters. The Labute approximate surface area is 90.3 Å². The number of amides is 1. The minimum absolute atomic E-state index is 0.189. The van der Waals surface area contributed by atoms with Crippen molar-refractivity contribution < 1.29 is 4.79 Å². The van der Waals surface area contributed by atoms with Gasteiger partial charge in [0.1, 0.15) is 5.82 Å². The Bertz CT molecular complexity index is 269. The number of nitrogens with zero attached hydrogens (tertiary/aromatic N) is 1. The highest BCUT2D eigenvalue weighted by molar-refractivity contribution is 5.73. The first-order valence-corrected chi connectivity index (χ1v) is 5.55. The van der Waals surface area contributed by atoms with E-state index in [1.165, 1.54) is 12.8 Å². The highest BCUT2D eigenvalue weighted by atomic mass is 16.1. The summed E-state index contributed by atoms with van der Waals surface area (Å²) in [6.07, 6.45) is 10.7. The number of primary amides is 1. The second-order valence-electron chi connectivity index (χ2n) is 3.77. The number of hydrogen-bond donors (Lipinski definition) is 2. The van der Waals surface area contributed by atoms with Gasteiger partial charge in [-0.25, -0.2) is 4.98 Å². The van der Waals surface area contributed by atoms with Crippen LogP contribution in [0.25, 0.3) is 0 Å². The number of carbonyl (C=O) groups is 1. The molecule has 84 valence electrons. The van der Waals surface area contributed by atoms with E-state index in [0.29, 0.717) is 6.42 Å². The summed E-state index contributed by atoms with van der Waals surface area (Å²) in [6, 6.07) is 0. The summed E-state index contributed by atoms with van der Waals surface area (Å²) in [4.78, 5) is 17.7. The van der Waals surface area contributed by atoms with Crippen LogP contribution in [0.2, 0.25) is 0 Å². The average Bonchev–Trinajstić information content (AvgIpc) is 2.68. The summed E-state index contributed by atoms with van der Waals surface area (Å²) in [6.45, 7) is 0. The lowest BCUT2D eigenvalue weighted by Crippen LogP contribution is -2.09. The fourth-order valence-corrected chi connectivity index (χ4v) is 1.56. The molecular weight excluding hydrogens is 190 g/mol. The monoisotopic (exact) mass is 209 g/mol. The lowest BCUT2D eigenvalue weighted by Gasteiger charge is -1.99. The molecule has 0 radical (unpaired) electrons. The summed E-state index contributed by atoms with van der Waals surface area (Å²) in [5.41, 5.74) is 5.05. The molecule has 0 aliphatic carbocycles. The Balaban J connectivity index is 1.87. The van der Waals surface area contributed by atoms with E-state index < -0.39 is 0 Å². The molecule has 0 fully saturated rings. The van der Waals surface area contributed by atoms with Gasteiger partial charge in [-0.3, -0.25) is 4.79 Å². The molecule has 3 N–H and O–H groups in total. The van der Waals surface area contributed by atoms with Crippen molar-refractivity contribution in [1.82, 2.24) is 9.97 Å². The zero-order valence-corrected chi connectivity index (χ0v) is 9.04. The zero-order valence-electron chi connectivity index (χ0n) is 9.04. The predicted molar refractivity (Wildman–Crippen MR) is 59.2 cm³/mol. The van der Waals surface area contributed by atoms with Gasteiger partial charge in [0.2, 0.25) is 5.91 Å². The second-order valence-corrected chi connectivity index (χ2v) is 3.77. The van der Waals surface area contributed by atoms with Crippen molar-refractivity contribution in [3.63, 3.8) is 0 Å². The van der Waals surface area contributed by atoms with Gasteiger partial charge in [0.25, 0.3) is 0 Å². The maximum Gasteiger partial charge on any atom is 0.217 e. The maximum atomic E-state index is 10.5. The van der Waals surface area contributed by atoms with Crippen LogP contribution in [0.4, 0.5) is 0 Å². The van der Waals surface area contributed by atoms with E-state index in [1.54, 1.807) is 6.20 Å². The third-order valence-corrected chi connectivity index (χ3v) is 2.39. The molecule has 0 unspecified atom stereocenters. The number of aromatic amines is 1. The Morgan fingerprint density at radius 2 is 2.00 bits per heavy atom. The number of aryl methyl sites for hydroxylation is 1. The normalized spacial score (nSPS) is 10.4. The number of imidazole rings is 1. The van der Waals surface area contributed by atoms with Gasteiger partial charge in [0.15, 0.2) is 0 Å². The van der Waals surface area contributed by atoms with E-state index in [1.807, 2.05) is 6.20 Å². The van der Waals surface area contributed by atoms with Crippen LogP contribution in [0, 0.1) is 0 Å². The van der Waals surface area contributed by atoms with Crippen molar-refractivity contribution in [2.45, 2.75) is 44.9 Å². The maximum absolute atomic E-state index is 10.5. The van der Waals surface area contributed by atoms with Crippen LogP contribution in [-0.2, 0) is 11.2 Å². The van der Waals surface area contributed by atoms with Crippen LogP contribution >= 0.6 is 0 Å². The van der Waals surface area contributed by atoms with Crippen molar-refractivity contribution in [1.29, 1.82) is 0 Å². The smallest absolute Gasteiger partial charge is 0.217 e. The topological polar surface area (TPSA) is 71.8 Å². The van der Waals surface area contributed by atoms with Crippen LogP contribution in [0.1, 0.15) is 44.3 Å². The molecule has 1 aromatic heterocycles. The van der Waals surface area contributed by atoms with E-state index >= 15 is 0 Å². The van der Waals surface area contributed by atoms with Crippen molar-refractivity contribution in [3.05, 3.63) is 18.2 Å². The quantitative estimate of drug-likeness (QED) is 0.640. The molecule has 0 saturated heterocycles. The van der Waals surface area contributed by atoms with E-state index in [9.17, 15) is 4.79 Å². The minimum atomic E-state index is -0.189. The molecule has 1 heterocycles. The number of nitrogens with two attached hydrogens (primary N) is 1. The van der Waals surface area contributed by atoms with E-state index in [0.717, 1.165) is 31.5 Å². The molecule has 0 aromatic carbocycles. The van der Waals surface area contributed by atoms with Gasteiger partial charge in [-0.05, 0) is 12.8 Å². The van der Waals surface area contributed by atoms with Crippen molar-refractivity contribution in [3.8, 4) is 0 Å². The summed E-state index contributed by atoms with van der Waals surface area (Å²) in [5.74, 6) is 0.873. The van der Waals surface area contributed by atoms with Crippen LogP contribution in [0.5, 0.6) is 0 Å². The summed E-state index contributed by atoms with van der Waals surface area (Å²) >= 11 is 0. The molecular formula is C11H19N3O. The molecule has 0 aliphatic heterocycles. The molecule has 1 amide bonds. The lowest BCUT2D eigenvalue weighted by atomic mass is 10.1. The fourth-order valence-electron chi connectivity index (χ4n) is 1.56. The van der Waals surface area contributed by atoms with Crippen molar-refractivity contribution in [2.75, 3.05) is 0 Å². The first-order valence-electron chi connectivity index (χ1n) is 5.55. The first kappa shape index (κ1) is 11.8. The molecule has 0 spiro atoms.